The molecule has 3 N–H and O–H groups in total. The molecule has 0 unspecified atom stereocenters. The first kappa shape index (κ1) is 18.6. The summed E-state index contributed by atoms with van der Waals surface area (Å²) in [4.78, 5) is 12.4. The van der Waals surface area contributed by atoms with Gasteiger partial charge in [0.1, 0.15) is 0 Å². The zero-order valence-corrected chi connectivity index (χ0v) is 14.4. The Morgan fingerprint density at radius 2 is 1.86 bits per heavy atom. The van der Waals surface area contributed by atoms with Crippen molar-refractivity contribution in [1.82, 2.24) is 9.62 Å². The van der Waals surface area contributed by atoms with Crippen LogP contribution in [0.1, 0.15) is 38.1 Å². The average Bonchev–Trinajstić information content (AvgIpc) is 2.48. The van der Waals surface area contributed by atoms with E-state index in [2.05, 4.69) is 5.32 Å². The maximum absolute atomic E-state index is 12.5. The van der Waals surface area contributed by atoms with Gasteiger partial charge in [-0.3, -0.25) is 4.79 Å². The number of amides is 1. The third-order valence-corrected chi connectivity index (χ3v) is 5.45. The van der Waals surface area contributed by atoms with Gasteiger partial charge in [0.15, 0.2) is 0 Å². The number of benzene rings is 1. The van der Waals surface area contributed by atoms with Crippen molar-refractivity contribution < 1.29 is 13.2 Å². The quantitative estimate of drug-likeness (QED) is 0.786. The van der Waals surface area contributed by atoms with Gasteiger partial charge in [-0.2, -0.15) is 4.31 Å². The van der Waals surface area contributed by atoms with E-state index < -0.39 is 15.6 Å². The van der Waals surface area contributed by atoms with Crippen LogP contribution in [0.4, 0.5) is 0 Å². The van der Waals surface area contributed by atoms with Gasteiger partial charge in [-0.1, -0.05) is 19.9 Å². The summed E-state index contributed by atoms with van der Waals surface area (Å²) < 4.78 is 26.3. The summed E-state index contributed by atoms with van der Waals surface area (Å²) in [7, 11) is -3.58. The summed E-state index contributed by atoms with van der Waals surface area (Å²) in [5, 5.41) is 2.79. The van der Waals surface area contributed by atoms with Crippen molar-refractivity contribution in [2.45, 2.75) is 38.1 Å². The third-order valence-electron chi connectivity index (χ3n) is 3.40. The van der Waals surface area contributed by atoms with Crippen LogP contribution in [-0.2, 0) is 10.0 Å². The topological polar surface area (TPSA) is 92.5 Å². The molecule has 0 heterocycles. The largest absolute Gasteiger partial charge is 0.346 e. The second-order valence-corrected chi connectivity index (χ2v) is 7.60. The van der Waals surface area contributed by atoms with Crippen molar-refractivity contribution in [3.63, 3.8) is 0 Å². The van der Waals surface area contributed by atoms with Gasteiger partial charge in [0.2, 0.25) is 10.0 Å². The zero-order valence-electron chi connectivity index (χ0n) is 13.6. The van der Waals surface area contributed by atoms with Crippen LogP contribution in [0.5, 0.6) is 0 Å². The highest BCUT2D eigenvalue weighted by atomic mass is 32.2. The minimum Gasteiger partial charge on any atom is -0.346 e. The van der Waals surface area contributed by atoms with E-state index in [1.165, 1.54) is 16.4 Å². The van der Waals surface area contributed by atoms with Crippen LogP contribution in [0.15, 0.2) is 29.2 Å². The van der Waals surface area contributed by atoms with E-state index in [9.17, 15) is 13.2 Å². The summed E-state index contributed by atoms with van der Waals surface area (Å²) >= 11 is 0. The molecular weight excluding hydrogens is 302 g/mol. The molecule has 6 nitrogen and oxygen atoms in total. The number of rotatable bonds is 7. The van der Waals surface area contributed by atoms with E-state index >= 15 is 0 Å². The lowest BCUT2D eigenvalue weighted by Gasteiger charge is -2.24. The van der Waals surface area contributed by atoms with Gasteiger partial charge < -0.3 is 11.1 Å². The molecule has 0 spiro atoms. The van der Waals surface area contributed by atoms with Crippen molar-refractivity contribution in [2.24, 2.45) is 5.73 Å². The minimum absolute atomic E-state index is 0.120. The second kappa shape index (κ2) is 7.21. The van der Waals surface area contributed by atoms with E-state index in [-0.39, 0.29) is 17.3 Å². The first-order valence-electron chi connectivity index (χ1n) is 7.30. The number of nitrogens with two attached hydrogens (primary N) is 1. The summed E-state index contributed by atoms with van der Waals surface area (Å²) in [6.07, 6.45) is 0. The molecule has 0 atom stereocenters. The van der Waals surface area contributed by atoms with Gasteiger partial charge in [0.05, 0.1) is 4.90 Å². The average molecular weight is 327 g/mol. The highest BCUT2D eigenvalue weighted by Gasteiger charge is 2.24. The summed E-state index contributed by atoms with van der Waals surface area (Å²) in [6, 6.07) is 6.05. The number of carbonyl (C=O) groups excluding carboxylic acids is 1. The number of sulfonamides is 1. The van der Waals surface area contributed by atoms with Gasteiger partial charge in [-0.15, -0.1) is 0 Å². The van der Waals surface area contributed by atoms with Crippen LogP contribution in [0.25, 0.3) is 0 Å². The standard InChI is InChI=1S/C15H25N3O3S/c1-5-18(6-2)22(20,21)13-9-7-8-12(10-13)14(19)17-15(3,4)11-16/h7-10H,5-6,11,16H2,1-4H3,(H,17,19). The number of hydrogen-bond acceptors (Lipinski definition) is 4. The molecule has 124 valence electrons. The Morgan fingerprint density at radius 3 is 2.36 bits per heavy atom. The molecule has 0 aliphatic carbocycles. The predicted octanol–water partition coefficient (Wildman–Crippen LogP) is 1.18. The molecule has 1 aromatic rings. The van der Waals surface area contributed by atoms with Gasteiger partial charge in [0.25, 0.3) is 5.91 Å². The lowest BCUT2D eigenvalue weighted by molar-refractivity contribution is 0.0915. The van der Waals surface area contributed by atoms with Crippen LogP contribution >= 0.6 is 0 Å². The van der Waals surface area contributed by atoms with Crippen molar-refractivity contribution in [1.29, 1.82) is 0 Å². The molecule has 0 aromatic heterocycles. The normalized spacial score (nSPS) is 12.5. The SMILES string of the molecule is CCN(CC)S(=O)(=O)c1cccc(C(=O)NC(C)(C)CN)c1. The molecule has 22 heavy (non-hydrogen) atoms. The molecule has 0 saturated heterocycles. The van der Waals surface area contributed by atoms with Gasteiger partial charge >= 0.3 is 0 Å². The Hall–Kier alpha value is -1.44. The molecule has 0 radical (unpaired) electrons. The number of hydrogen-bond donors (Lipinski definition) is 2. The van der Waals surface area contributed by atoms with E-state index in [0.717, 1.165) is 0 Å². The second-order valence-electron chi connectivity index (χ2n) is 5.66. The maximum atomic E-state index is 12.5. The van der Waals surface area contributed by atoms with Crippen molar-refractivity contribution >= 4 is 15.9 Å². The van der Waals surface area contributed by atoms with Crippen LogP contribution in [0.3, 0.4) is 0 Å². The van der Waals surface area contributed by atoms with Crippen LogP contribution < -0.4 is 11.1 Å². The van der Waals surface area contributed by atoms with E-state index in [1.54, 1.807) is 39.8 Å². The van der Waals surface area contributed by atoms with Gasteiger partial charge in [0, 0.05) is 30.7 Å². The molecule has 0 aliphatic rings. The predicted molar refractivity (Wildman–Crippen MR) is 87.1 cm³/mol. The van der Waals surface area contributed by atoms with Crippen molar-refractivity contribution in [3.05, 3.63) is 29.8 Å². The Labute approximate surface area is 132 Å². The fourth-order valence-electron chi connectivity index (χ4n) is 1.94. The van der Waals surface area contributed by atoms with Crippen LogP contribution in [-0.4, -0.2) is 43.8 Å². The minimum atomic E-state index is -3.58. The highest BCUT2D eigenvalue weighted by molar-refractivity contribution is 7.89. The number of nitrogens with zero attached hydrogens (tertiary/aromatic N) is 1. The third kappa shape index (κ3) is 4.28. The van der Waals surface area contributed by atoms with Crippen molar-refractivity contribution in [3.8, 4) is 0 Å². The molecule has 1 rings (SSSR count). The highest BCUT2D eigenvalue weighted by Crippen LogP contribution is 2.17. The molecule has 1 aromatic carbocycles. The molecule has 1 amide bonds. The summed E-state index contributed by atoms with van der Waals surface area (Å²) in [6.45, 7) is 8.23. The molecule has 0 aliphatic heterocycles. The monoisotopic (exact) mass is 327 g/mol. The first-order chi connectivity index (χ1) is 10.2. The zero-order chi connectivity index (χ0) is 17.0. The summed E-state index contributed by atoms with van der Waals surface area (Å²) in [5.74, 6) is -0.341. The lowest BCUT2D eigenvalue weighted by Crippen LogP contribution is -2.48. The molecule has 0 fully saturated rings. The van der Waals surface area contributed by atoms with E-state index in [4.69, 9.17) is 5.73 Å². The lowest BCUT2D eigenvalue weighted by atomic mass is 10.1. The number of nitrogens with one attached hydrogen (secondary N) is 1. The van der Waals surface area contributed by atoms with Crippen LogP contribution in [0.2, 0.25) is 0 Å². The first-order valence-corrected chi connectivity index (χ1v) is 8.74. The Bertz CT molecular complexity index is 623. The fraction of sp³-hybridized carbons (Fsp3) is 0.533. The van der Waals surface area contributed by atoms with Gasteiger partial charge in [-0.05, 0) is 32.0 Å². The maximum Gasteiger partial charge on any atom is 0.251 e. The molecule has 0 saturated carbocycles. The van der Waals surface area contributed by atoms with Crippen molar-refractivity contribution in [2.75, 3.05) is 19.6 Å². The molecule has 0 bridgehead atoms. The van der Waals surface area contributed by atoms with E-state index in [1.807, 2.05) is 0 Å². The Morgan fingerprint density at radius 1 is 1.27 bits per heavy atom. The van der Waals surface area contributed by atoms with E-state index in [0.29, 0.717) is 18.7 Å². The number of carbonyl (C=O) groups is 1. The van der Waals surface area contributed by atoms with Gasteiger partial charge in [-0.25, -0.2) is 8.42 Å². The summed E-state index contributed by atoms with van der Waals surface area (Å²) in [5.41, 5.74) is 5.34. The van der Waals surface area contributed by atoms with Crippen LogP contribution in [0, 0.1) is 0 Å². The smallest absolute Gasteiger partial charge is 0.251 e. The Kier molecular flexibility index (Phi) is 6.10. The molecular formula is C15H25N3O3S. The molecule has 7 heteroatoms. The Balaban J connectivity index is 3.12. The fourth-order valence-corrected chi connectivity index (χ4v) is 3.45.